The van der Waals surface area contributed by atoms with Crippen LogP contribution in [0.4, 0.5) is 26.3 Å². The summed E-state index contributed by atoms with van der Waals surface area (Å²) in [5.74, 6) is -5.44. The van der Waals surface area contributed by atoms with Crippen molar-refractivity contribution in [3.05, 3.63) is 102 Å². The number of hydrogen-bond donors (Lipinski definition) is 4. The largest absolute Gasteiger partial charge is 0.471 e. The maximum atomic E-state index is 13.8. The van der Waals surface area contributed by atoms with Crippen molar-refractivity contribution < 1.29 is 55.1 Å². The normalized spacial score (nSPS) is 17.7. The summed E-state index contributed by atoms with van der Waals surface area (Å²) in [5.41, 5.74) is 6.71. The van der Waals surface area contributed by atoms with Gasteiger partial charge < -0.3 is 41.3 Å². The monoisotopic (exact) mass is 1060 g/mol. The van der Waals surface area contributed by atoms with Gasteiger partial charge in [0.05, 0.1) is 17.8 Å². The zero-order valence-corrected chi connectivity index (χ0v) is 44.3. The molecule has 0 unspecified atom stereocenters. The predicted molar refractivity (Wildman–Crippen MR) is 272 cm³/mol. The second-order valence-corrected chi connectivity index (χ2v) is 21.5. The van der Waals surface area contributed by atoms with Crippen molar-refractivity contribution in [1.82, 2.24) is 40.5 Å². The van der Waals surface area contributed by atoms with Crippen LogP contribution >= 0.6 is 0 Å². The first kappa shape index (κ1) is 61.5. The summed E-state index contributed by atoms with van der Waals surface area (Å²) in [6.45, 7) is 14.4. The molecule has 6 amide bonds. The number of aromatic nitrogens is 1. The lowest BCUT2D eigenvalue weighted by Gasteiger charge is -2.37. The molecule has 3 aromatic rings. The van der Waals surface area contributed by atoms with Crippen molar-refractivity contribution in [2.75, 3.05) is 39.3 Å². The maximum Gasteiger partial charge on any atom is 0.471 e. The maximum absolute atomic E-state index is 13.8. The molecule has 2 fully saturated rings. The van der Waals surface area contributed by atoms with Crippen LogP contribution in [0.3, 0.4) is 0 Å². The molecular weight excluding hydrogens is 985 g/mol. The van der Waals surface area contributed by atoms with Gasteiger partial charge in [0.2, 0.25) is 23.6 Å². The summed E-state index contributed by atoms with van der Waals surface area (Å²) in [6, 6.07) is 19.0. The Hall–Kier alpha value is -6.09. The lowest BCUT2D eigenvalue weighted by atomic mass is 9.85. The highest BCUT2D eigenvalue weighted by Crippen LogP contribution is 2.30. The summed E-state index contributed by atoms with van der Waals surface area (Å²) >= 11 is 0. The average Bonchev–Trinajstić information content (AvgIpc) is 4.03. The minimum atomic E-state index is -5.02. The fourth-order valence-electron chi connectivity index (χ4n) is 8.89. The van der Waals surface area contributed by atoms with Crippen molar-refractivity contribution in [2.24, 2.45) is 16.6 Å². The Bertz CT molecular complexity index is 2330. The number of carbonyl (C=O) groups excluding carboxylic acids is 6. The van der Waals surface area contributed by atoms with Gasteiger partial charge in [-0.2, -0.15) is 26.3 Å². The number of alkyl halides is 6. The van der Waals surface area contributed by atoms with Crippen molar-refractivity contribution in [3.63, 3.8) is 0 Å². The van der Waals surface area contributed by atoms with E-state index in [1.165, 1.54) is 16.7 Å². The Morgan fingerprint density at radius 2 is 1.03 bits per heavy atom. The molecule has 5 rings (SSSR count). The van der Waals surface area contributed by atoms with Crippen LogP contribution in [-0.4, -0.2) is 148 Å². The number of amides is 6. The lowest BCUT2D eigenvalue weighted by molar-refractivity contribution is -0.186. The SMILES string of the molecule is C[C@H](N)C(=O)N[C@H](C(=O)N1CCC[C@H]1CN(CCc1ccccc1)C(=O)C(F)(F)F)C(C)(C)C.C[C@H](NCc1ccccn1)C(=O)N[C@H](C(=O)N1CCC[C@H]1CN(CCc1ccccc1)C(=O)C(F)(F)F)C(C)(C)C. The van der Waals surface area contributed by atoms with E-state index in [0.29, 0.717) is 45.3 Å². The van der Waals surface area contributed by atoms with Crippen LogP contribution in [0.15, 0.2) is 85.1 Å². The number of halogens is 6. The minimum Gasteiger partial charge on any atom is -0.342 e. The Morgan fingerprint density at radius 1 is 0.627 bits per heavy atom. The highest BCUT2D eigenvalue weighted by molar-refractivity contribution is 5.91. The molecule has 0 bridgehead atoms. The smallest absolute Gasteiger partial charge is 0.342 e. The number of benzene rings is 2. The predicted octanol–water partition coefficient (Wildman–Crippen LogP) is 6.20. The number of carbonyl (C=O) groups is 6. The summed E-state index contributed by atoms with van der Waals surface area (Å²) in [4.78, 5) is 85.9. The number of likely N-dealkylation sites (tertiary alicyclic amines) is 2. The lowest BCUT2D eigenvalue weighted by Crippen LogP contribution is -2.59. The molecule has 75 heavy (non-hydrogen) atoms. The van der Waals surface area contributed by atoms with Crippen LogP contribution in [0.25, 0.3) is 0 Å². The van der Waals surface area contributed by atoms with Gasteiger partial charge in [0.25, 0.3) is 0 Å². The van der Waals surface area contributed by atoms with Crippen molar-refractivity contribution >= 4 is 35.4 Å². The molecule has 3 heterocycles. The van der Waals surface area contributed by atoms with Crippen molar-refractivity contribution in [2.45, 2.75) is 149 Å². The van der Waals surface area contributed by atoms with E-state index >= 15 is 0 Å². The number of nitrogens with one attached hydrogen (secondary N) is 3. The fourth-order valence-corrected chi connectivity index (χ4v) is 8.89. The van der Waals surface area contributed by atoms with E-state index in [-0.39, 0.29) is 56.7 Å². The number of hydrogen-bond acceptors (Lipinski definition) is 9. The van der Waals surface area contributed by atoms with E-state index in [9.17, 15) is 55.1 Å². The molecule has 2 aliphatic heterocycles. The summed E-state index contributed by atoms with van der Waals surface area (Å²) < 4.78 is 80.5. The first-order valence-electron chi connectivity index (χ1n) is 25.4. The number of nitrogens with zero attached hydrogens (tertiary/aromatic N) is 5. The van der Waals surface area contributed by atoms with Crippen molar-refractivity contribution in [3.8, 4) is 0 Å². The van der Waals surface area contributed by atoms with E-state index in [1.807, 2.05) is 39.0 Å². The molecule has 414 valence electrons. The van der Waals surface area contributed by atoms with E-state index in [2.05, 4.69) is 20.9 Å². The topological polar surface area (TPSA) is 190 Å². The van der Waals surface area contributed by atoms with Gasteiger partial charge in [0.15, 0.2) is 0 Å². The van der Waals surface area contributed by atoms with E-state index in [0.717, 1.165) is 26.6 Å². The van der Waals surface area contributed by atoms with Gasteiger partial charge >= 0.3 is 24.2 Å². The second kappa shape index (κ2) is 27.1. The van der Waals surface area contributed by atoms with Crippen LogP contribution in [-0.2, 0) is 48.2 Å². The minimum absolute atomic E-state index is 0.120. The first-order chi connectivity index (χ1) is 35.0. The standard InChI is InChI=1S/C30H40F3N5O3.C24H35F3N4O3/c1-21(35-19-23-13-8-9-16-34-23)26(39)36-25(29(2,3)4)27(40)38-17-10-14-24(38)20-37(28(41)30(31,32)33)18-15-22-11-6-5-7-12-22;1-16(28)20(32)29-19(23(2,3)4)21(33)31-13-8-11-18(31)15-30(22(34)24(25,26)27)14-12-17-9-6-5-7-10-17/h5-9,11-13,16,21,24-25,35H,10,14-15,17-20H2,1-4H3,(H,36,39);5-7,9-10,16,18-19H,8,11-15,28H2,1-4H3,(H,29,32)/t21-,24-,25+;16-,18-,19+/m00/s1. The van der Waals surface area contributed by atoms with Crippen LogP contribution in [0, 0.1) is 10.8 Å². The van der Waals surface area contributed by atoms with Gasteiger partial charge in [0, 0.05) is 64.1 Å². The molecule has 6 atom stereocenters. The average molecular weight is 1060 g/mol. The molecular formula is C54H75F6N9O6. The molecule has 2 aromatic carbocycles. The molecule has 2 saturated heterocycles. The van der Waals surface area contributed by atoms with Gasteiger partial charge in [-0.15, -0.1) is 0 Å². The number of pyridine rings is 1. The molecule has 0 saturated carbocycles. The molecule has 1 aromatic heterocycles. The fraction of sp³-hybridized carbons (Fsp3) is 0.574. The van der Waals surface area contributed by atoms with Crippen LogP contribution in [0.2, 0.25) is 0 Å². The van der Waals surface area contributed by atoms with E-state index < -0.39 is 77.2 Å². The van der Waals surface area contributed by atoms with Gasteiger partial charge in [-0.25, -0.2) is 0 Å². The highest BCUT2D eigenvalue weighted by atomic mass is 19.4. The summed E-state index contributed by atoms with van der Waals surface area (Å²) in [6.07, 6.45) is -5.73. The first-order valence-corrected chi connectivity index (χ1v) is 25.4. The van der Waals surface area contributed by atoms with Gasteiger partial charge in [-0.3, -0.25) is 33.8 Å². The second-order valence-electron chi connectivity index (χ2n) is 21.5. The Morgan fingerprint density at radius 3 is 1.39 bits per heavy atom. The Balaban J connectivity index is 0.000000330. The summed E-state index contributed by atoms with van der Waals surface area (Å²) in [5, 5.41) is 8.65. The summed E-state index contributed by atoms with van der Waals surface area (Å²) in [7, 11) is 0. The molecule has 2 aliphatic rings. The molecule has 21 heteroatoms. The molecule has 5 N–H and O–H groups in total. The van der Waals surface area contributed by atoms with Crippen LogP contribution in [0.1, 0.15) is 97.9 Å². The zero-order valence-electron chi connectivity index (χ0n) is 44.3. The van der Waals surface area contributed by atoms with Crippen LogP contribution < -0.4 is 21.7 Å². The third-order valence-electron chi connectivity index (χ3n) is 13.2. The highest BCUT2D eigenvalue weighted by Gasteiger charge is 2.47. The Labute approximate surface area is 436 Å². The molecule has 0 spiro atoms. The third-order valence-corrected chi connectivity index (χ3v) is 13.2. The van der Waals surface area contributed by atoms with Crippen LogP contribution in [0.5, 0.6) is 0 Å². The number of rotatable bonds is 19. The molecule has 0 aliphatic carbocycles. The van der Waals surface area contributed by atoms with E-state index in [1.54, 1.807) is 94.6 Å². The van der Waals surface area contributed by atoms with Gasteiger partial charge in [-0.1, -0.05) is 108 Å². The third kappa shape index (κ3) is 18.9. The zero-order chi connectivity index (χ0) is 55.9. The molecule has 0 radical (unpaired) electrons. The van der Waals surface area contributed by atoms with Gasteiger partial charge in [0.1, 0.15) is 12.1 Å². The number of nitrogens with two attached hydrogens (primary N) is 1. The molecule has 15 nitrogen and oxygen atoms in total. The Kier molecular flexibility index (Phi) is 22.2. The van der Waals surface area contributed by atoms with Crippen molar-refractivity contribution in [1.29, 1.82) is 0 Å². The van der Waals surface area contributed by atoms with E-state index in [4.69, 9.17) is 5.73 Å². The quantitative estimate of drug-likeness (QED) is 0.101. The van der Waals surface area contributed by atoms with Gasteiger partial charge in [-0.05, 0) is 86.5 Å².